The Morgan fingerprint density at radius 3 is 2.26 bits per heavy atom. The lowest BCUT2D eigenvalue weighted by molar-refractivity contribution is 0.167. The van der Waals surface area contributed by atoms with Crippen LogP contribution in [0.2, 0.25) is 0 Å². The summed E-state index contributed by atoms with van der Waals surface area (Å²) in [6.07, 6.45) is 1.66. The van der Waals surface area contributed by atoms with Crippen LogP contribution in [0, 0.1) is 0 Å². The molecule has 5 heteroatoms. The first-order valence-corrected chi connectivity index (χ1v) is 8.63. The van der Waals surface area contributed by atoms with E-state index >= 15 is 0 Å². The van der Waals surface area contributed by atoms with Gasteiger partial charge in [0.25, 0.3) is 0 Å². The molecule has 0 saturated carbocycles. The number of amides is 1. The van der Waals surface area contributed by atoms with E-state index in [-0.39, 0.29) is 0 Å². The maximum atomic E-state index is 11.7. The predicted octanol–water partition coefficient (Wildman–Crippen LogP) is 4.89. The molecule has 0 bridgehead atoms. The second kappa shape index (κ2) is 9.77. The van der Waals surface area contributed by atoms with Crippen LogP contribution in [0.25, 0.3) is 0 Å². The van der Waals surface area contributed by atoms with Gasteiger partial charge in [-0.2, -0.15) is 0 Å². The van der Waals surface area contributed by atoms with Crippen molar-refractivity contribution >= 4 is 18.0 Å². The highest BCUT2D eigenvalue weighted by molar-refractivity contribution is 5.85. The number of hydrogen-bond donors (Lipinski definition) is 1. The quantitative estimate of drug-likeness (QED) is 0.371. The Balaban J connectivity index is 1.41. The number of nitrogens with zero attached hydrogens (tertiary/aromatic N) is 1. The number of benzene rings is 3. The van der Waals surface area contributed by atoms with Gasteiger partial charge in [0.05, 0.1) is 12.8 Å². The zero-order chi connectivity index (χ0) is 18.7. The van der Waals surface area contributed by atoms with Crippen molar-refractivity contribution in [2.24, 2.45) is 5.16 Å². The number of nitrogens with one attached hydrogen (secondary N) is 1. The van der Waals surface area contributed by atoms with E-state index < -0.39 is 6.09 Å². The van der Waals surface area contributed by atoms with E-state index in [2.05, 4.69) is 22.6 Å². The molecule has 1 N–H and O–H groups in total. The van der Waals surface area contributed by atoms with E-state index in [1.165, 1.54) is 11.8 Å². The van der Waals surface area contributed by atoms with Gasteiger partial charge in [0.2, 0.25) is 0 Å². The molecule has 0 aliphatic heterocycles. The summed E-state index contributed by atoms with van der Waals surface area (Å²) in [6.45, 7) is 0.590. The molecule has 0 aromatic heterocycles. The Morgan fingerprint density at radius 2 is 1.56 bits per heavy atom. The van der Waals surface area contributed by atoms with E-state index in [1.54, 1.807) is 24.3 Å². The molecule has 0 atom stereocenters. The molecule has 1 amide bonds. The van der Waals surface area contributed by atoms with Crippen LogP contribution < -0.4 is 10.1 Å². The van der Waals surface area contributed by atoms with E-state index in [0.717, 1.165) is 17.7 Å². The highest BCUT2D eigenvalue weighted by atomic mass is 16.7. The van der Waals surface area contributed by atoms with Crippen LogP contribution >= 0.6 is 0 Å². The van der Waals surface area contributed by atoms with Gasteiger partial charge >= 0.3 is 6.09 Å². The lowest BCUT2D eigenvalue weighted by Crippen LogP contribution is -2.10. The second-order valence-electron chi connectivity index (χ2n) is 5.76. The van der Waals surface area contributed by atoms with Gasteiger partial charge in [-0.1, -0.05) is 65.8 Å². The third-order valence-corrected chi connectivity index (χ3v) is 3.74. The highest BCUT2D eigenvalue weighted by Crippen LogP contribution is 2.16. The van der Waals surface area contributed by atoms with Crippen molar-refractivity contribution in [1.29, 1.82) is 0 Å². The van der Waals surface area contributed by atoms with Crippen molar-refractivity contribution in [3.8, 4) is 5.75 Å². The molecule has 0 aliphatic rings. The summed E-state index contributed by atoms with van der Waals surface area (Å²) in [6, 6.07) is 26.6. The minimum absolute atomic E-state index is 0.590. The molecule has 3 rings (SSSR count). The monoisotopic (exact) mass is 360 g/mol. The molecule has 136 valence electrons. The normalized spacial score (nSPS) is 10.5. The lowest BCUT2D eigenvalue weighted by atomic mass is 10.2. The smallest absolute Gasteiger partial charge is 0.437 e. The number of anilines is 1. The molecule has 0 heterocycles. The maximum absolute atomic E-state index is 11.7. The van der Waals surface area contributed by atoms with E-state index in [4.69, 9.17) is 9.57 Å². The van der Waals surface area contributed by atoms with Crippen LogP contribution in [-0.4, -0.2) is 18.9 Å². The Kier molecular flexibility index (Phi) is 6.59. The van der Waals surface area contributed by atoms with Crippen LogP contribution in [-0.2, 0) is 11.3 Å². The molecule has 0 unspecified atom stereocenters. The van der Waals surface area contributed by atoms with Gasteiger partial charge in [-0.25, -0.2) is 4.79 Å². The third kappa shape index (κ3) is 6.32. The van der Waals surface area contributed by atoms with Gasteiger partial charge in [0, 0.05) is 12.1 Å². The molecule has 0 radical (unpaired) electrons. The average Bonchev–Trinajstić information content (AvgIpc) is 2.71. The van der Waals surface area contributed by atoms with Gasteiger partial charge in [-0.15, -0.1) is 0 Å². The fourth-order valence-electron chi connectivity index (χ4n) is 2.38. The molecule has 5 nitrogen and oxygen atoms in total. The fourth-order valence-corrected chi connectivity index (χ4v) is 2.38. The molecular formula is C22H20N2O3. The second-order valence-corrected chi connectivity index (χ2v) is 5.76. The van der Waals surface area contributed by atoms with Crippen molar-refractivity contribution in [3.63, 3.8) is 0 Å². The Labute approximate surface area is 158 Å². The molecule has 0 saturated heterocycles. The van der Waals surface area contributed by atoms with E-state index in [1.807, 2.05) is 48.5 Å². The summed E-state index contributed by atoms with van der Waals surface area (Å²) < 4.78 is 5.72. The minimum atomic E-state index is -0.653. The first-order valence-electron chi connectivity index (χ1n) is 8.63. The van der Waals surface area contributed by atoms with Gasteiger partial charge in [-0.3, -0.25) is 10.2 Å². The number of hydrogen-bond acceptors (Lipinski definition) is 4. The SMILES string of the molecule is O=C(Nc1ccc(OCCc2ccccc2)cc1)O/N=C/c1ccccc1. The Morgan fingerprint density at radius 1 is 0.889 bits per heavy atom. The molecule has 0 spiro atoms. The highest BCUT2D eigenvalue weighted by Gasteiger charge is 2.03. The third-order valence-electron chi connectivity index (χ3n) is 3.74. The summed E-state index contributed by atoms with van der Waals surface area (Å²) in [4.78, 5) is 16.5. The van der Waals surface area contributed by atoms with Crippen molar-refractivity contribution in [2.45, 2.75) is 6.42 Å². The van der Waals surface area contributed by atoms with Crippen LogP contribution in [0.5, 0.6) is 5.75 Å². The van der Waals surface area contributed by atoms with E-state index in [0.29, 0.717) is 12.3 Å². The van der Waals surface area contributed by atoms with Crippen LogP contribution in [0.3, 0.4) is 0 Å². The predicted molar refractivity (Wildman–Crippen MR) is 106 cm³/mol. The summed E-state index contributed by atoms with van der Waals surface area (Å²) in [5.74, 6) is 0.743. The Bertz CT molecular complexity index is 863. The fraction of sp³-hybridized carbons (Fsp3) is 0.0909. The van der Waals surface area contributed by atoms with Crippen LogP contribution in [0.1, 0.15) is 11.1 Å². The molecular weight excluding hydrogens is 340 g/mol. The van der Waals surface area contributed by atoms with Crippen LogP contribution in [0.15, 0.2) is 90.1 Å². The standard InChI is InChI=1S/C22H20N2O3/c25-22(27-23-17-19-9-5-2-6-10-19)24-20-11-13-21(14-12-20)26-16-15-18-7-3-1-4-8-18/h1-14,17H,15-16H2,(H,24,25)/b23-17+. The minimum Gasteiger partial charge on any atom is -0.493 e. The van der Waals surface area contributed by atoms with Crippen molar-refractivity contribution in [2.75, 3.05) is 11.9 Å². The number of carbonyl (C=O) groups excluding carboxylic acids is 1. The zero-order valence-electron chi connectivity index (χ0n) is 14.7. The van der Waals surface area contributed by atoms with E-state index in [9.17, 15) is 4.79 Å². The topological polar surface area (TPSA) is 59.9 Å². The largest absolute Gasteiger partial charge is 0.493 e. The number of carbonyl (C=O) groups is 1. The average molecular weight is 360 g/mol. The zero-order valence-corrected chi connectivity index (χ0v) is 14.7. The summed E-state index contributed by atoms with van der Waals surface area (Å²) >= 11 is 0. The maximum Gasteiger partial charge on any atom is 0.437 e. The van der Waals surface area contributed by atoms with Gasteiger partial charge in [0.1, 0.15) is 5.75 Å². The molecule has 0 aliphatic carbocycles. The molecule has 27 heavy (non-hydrogen) atoms. The van der Waals surface area contributed by atoms with Gasteiger partial charge < -0.3 is 4.74 Å². The molecule has 3 aromatic rings. The first-order chi connectivity index (χ1) is 13.3. The summed E-state index contributed by atoms with van der Waals surface area (Å²) in [5, 5.41) is 6.27. The summed E-state index contributed by atoms with van der Waals surface area (Å²) in [5.41, 5.74) is 2.68. The number of rotatable bonds is 7. The number of ether oxygens (including phenoxy) is 1. The van der Waals surface area contributed by atoms with Crippen molar-refractivity contribution < 1.29 is 14.4 Å². The van der Waals surface area contributed by atoms with Crippen molar-refractivity contribution in [1.82, 2.24) is 0 Å². The van der Waals surface area contributed by atoms with Crippen LogP contribution in [0.4, 0.5) is 10.5 Å². The molecule has 3 aromatic carbocycles. The van der Waals surface area contributed by atoms with Gasteiger partial charge in [-0.05, 0) is 35.4 Å². The van der Waals surface area contributed by atoms with Gasteiger partial charge in [0.15, 0.2) is 0 Å². The lowest BCUT2D eigenvalue weighted by Gasteiger charge is -2.07. The van der Waals surface area contributed by atoms with Crippen molar-refractivity contribution in [3.05, 3.63) is 96.1 Å². The first kappa shape index (κ1) is 18.2. The Hall–Kier alpha value is -3.60. The summed E-state index contributed by atoms with van der Waals surface area (Å²) in [7, 11) is 0. The number of oxime groups is 1. The molecule has 0 fully saturated rings.